The lowest BCUT2D eigenvalue weighted by Gasteiger charge is -2.35. The molecule has 152 valence electrons. The van der Waals surface area contributed by atoms with Crippen LogP contribution in [0.3, 0.4) is 0 Å². The van der Waals surface area contributed by atoms with E-state index in [0.29, 0.717) is 31.0 Å². The third-order valence-corrected chi connectivity index (χ3v) is 5.67. The first-order valence-electron chi connectivity index (χ1n) is 10.0. The monoisotopic (exact) mass is 402 g/mol. The highest BCUT2D eigenvalue weighted by Crippen LogP contribution is 2.31. The van der Waals surface area contributed by atoms with Crippen molar-refractivity contribution in [3.05, 3.63) is 66.1 Å². The fourth-order valence-corrected chi connectivity index (χ4v) is 4.19. The molecule has 1 aromatic carbocycles. The van der Waals surface area contributed by atoms with Crippen LogP contribution in [0.15, 0.2) is 55.0 Å². The maximum absolute atomic E-state index is 13.4. The van der Waals surface area contributed by atoms with Crippen LogP contribution in [-0.4, -0.2) is 52.8 Å². The van der Waals surface area contributed by atoms with Crippen molar-refractivity contribution in [1.29, 1.82) is 0 Å². The van der Waals surface area contributed by atoms with Gasteiger partial charge in [0.25, 0.3) is 5.91 Å². The summed E-state index contributed by atoms with van der Waals surface area (Å²) in [6.07, 6.45) is 6.03. The first kappa shape index (κ1) is 18.4. The Labute approximate surface area is 174 Å². The normalized spacial score (nSPS) is 16.2. The molecular weight excluding hydrogens is 380 g/mol. The summed E-state index contributed by atoms with van der Waals surface area (Å²) < 4.78 is 1.68. The summed E-state index contributed by atoms with van der Waals surface area (Å²) >= 11 is 0. The van der Waals surface area contributed by atoms with Crippen molar-refractivity contribution in [3.63, 3.8) is 0 Å². The van der Waals surface area contributed by atoms with Gasteiger partial charge in [-0.25, -0.2) is 4.98 Å². The summed E-state index contributed by atoms with van der Waals surface area (Å²) in [4.78, 5) is 36.1. The van der Waals surface area contributed by atoms with Gasteiger partial charge in [0, 0.05) is 44.8 Å². The van der Waals surface area contributed by atoms with Crippen molar-refractivity contribution < 1.29 is 9.59 Å². The highest BCUT2D eigenvalue weighted by molar-refractivity contribution is 6.10. The Hall–Kier alpha value is -3.68. The van der Waals surface area contributed by atoms with E-state index in [4.69, 9.17) is 0 Å². The molecule has 2 aliphatic heterocycles. The Bertz CT molecular complexity index is 1120. The third kappa shape index (κ3) is 3.10. The van der Waals surface area contributed by atoms with Crippen LogP contribution in [0.25, 0.3) is 0 Å². The number of aromatic nitrogens is 3. The lowest BCUT2D eigenvalue weighted by molar-refractivity contribution is -0.117. The zero-order valence-electron chi connectivity index (χ0n) is 16.7. The molecule has 0 bridgehead atoms. The maximum atomic E-state index is 13.4. The van der Waals surface area contributed by atoms with Crippen LogP contribution in [0.5, 0.6) is 0 Å². The second kappa shape index (κ2) is 7.29. The number of pyridine rings is 1. The van der Waals surface area contributed by atoms with E-state index in [9.17, 15) is 9.59 Å². The average molecular weight is 402 g/mol. The van der Waals surface area contributed by atoms with Crippen LogP contribution in [-0.2, 0) is 18.3 Å². The van der Waals surface area contributed by atoms with Crippen LogP contribution >= 0.6 is 0 Å². The van der Waals surface area contributed by atoms with Crippen molar-refractivity contribution in [2.45, 2.75) is 6.42 Å². The highest BCUT2D eigenvalue weighted by atomic mass is 16.2. The van der Waals surface area contributed by atoms with E-state index in [1.165, 1.54) is 5.56 Å². The first-order chi connectivity index (χ1) is 14.6. The minimum Gasteiger partial charge on any atom is -0.345 e. The third-order valence-electron chi connectivity index (χ3n) is 5.67. The molecule has 0 saturated carbocycles. The number of rotatable bonds is 3. The van der Waals surface area contributed by atoms with Gasteiger partial charge in [0.1, 0.15) is 5.82 Å². The van der Waals surface area contributed by atoms with Gasteiger partial charge < -0.3 is 14.7 Å². The van der Waals surface area contributed by atoms with Crippen molar-refractivity contribution >= 4 is 29.0 Å². The van der Waals surface area contributed by atoms with Gasteiger partial charge in [-0.05, 0) is 30.2 Å². The van der Waals surface area contributed by atoms with Crippen molar-refractivity contribution in [3.8, 4) is 0 Å². The second-order valence-electron chi connectivity index (χ2n) is 7.55. The number of carbonyl (C=O) groups is 2. The molecule has 30 heavy (non-hydrogen) atoms. The molecule has 2 amide bonds. The predicted molar refractivity (Wildman–Crippen MR) is 114 cm³/mol. The second-order valence-corrected chi connectivity index (χ2v) is 7.55. The summed E-state index contributed by atoms with van der Waals surface area (Å²) in [7, 11) is 1.83. The van der Waals surface area contributed by atoms with E-state index in [0.717, 1.165) is 17.8 Å². The molecule has 0 radical (unpaired) electrons. The molecule has 3 aromatic rings. The van der Waals surface area contributed by atoms with Gasteiger partial charge in [-0.15, -0.1) is 0 Å². The van der Waals surface area contributed by atoms with Crippen molar-refractivity contribution in [1.82, 2.24) is 14.8 Å². The SMILES string of the molecule is Cn1cc(N2CCN(c3ncccc3C(=O)N3CCc4ccccc43)CC2=O)cn1. The van der Waals surface area contributed by atoms with E-state index in [1.807, 2.05) is 41.2 Å². The number of aryl methyl sites for hydroxylation is 1. The van der Waals surface area contributed by atoms with Crippen LogP contribution in [0.1, 0.15) is 15.9 Å². The molecule has 0 spiro atoms. The van der Waals surface area contributed by atoms with E-state index < -0.39 is 0 Å². The maximum Gasteiger partial charge on any atom is 0.262 e. The lowest BCUT2D eigenvalue weighted by Crippen LogP contribution is -2.51. The molecule has 0 N–H and O–H groups in total. The summed E-state index contributed by atoms with van der Waals surface area (Å²) in [5.41, 5.74) is 3.44. The van der Waals surface area contributed by atoms with Gasteiger partial charge in [0.05, 0.1) is 24.0 Å². The standard InChI is InChI=1S/C22H22N6O2/c1-25-14-17(13-24-25)27-12-11-26(15-20(27)29)21-18(6-4-9-23-21)22(30)28-10-8-16-5-2-3-7-19(16)28/h2-7,9,13-14H,8,10-12,15H2,1H3. The summed E-state index contributed by atoms with van der Waals surface area (Å²) in [5, 5.41) is 4.15. The number of carbonyl (C=O) groups excluding carboxylic acids is 2. The van der Waals surface area contributed by atoms with E-state index in [-0.39, 0.29) is 18.4 Å². The molecule has 4 heterocycles. The van der Waals surface area contributed by atoms with Crippen LogP contribution in [0.4, 0.5) is 17.2 Å². The highest BCUT2D eigenvalue weighted by Gasteiger charge is 2.32. The lowest BCUT2D eigenvalue weighted by atomic mass is 10.1. The summed E-state index contributed by atoms with van der Waals surface area (Å²) in [5.74, 6) is 0.445. The zero-order chi connectivity index (χ0) is 20.7. The Morgan fingerprint density at radius 1 is 1.07 bits per heavy atom. The molecule has 0 unspecified atom stereocenters. The van der Waals surface area contributed by atoms with E-state index in [2.05, 4.69) is 16.1 Å². The van der Waals surface area contributed by atoms with E-state index >= 15 is 0 Å². The van der Waals surface area contributed by atoms with Gasteiger partial charge in [0.2, 0.25) is 5.91 Å². The zero-order valence-corrected chi connectivity index (χ0v) is 16.7. The number of amides is 2. The molecule has 0 aliphatic carbocycles. The molecule has 2 aromatic heterocycles. The number of piperazine rings is 1. The number of fused-ring (bicyclic) bond motifs is 1. The molecule has 1 fully saturated rings. The number of anilines is 3. The number of hydrogen-bond donors (Lipinski definition) is 0. The number of para-hydroxylation sites is 1. The molecular formula is C22H22N6O2. The molecule has 2 aliphatic rings. The van der Waals surface area contributed by atoms with Crippen LogP contribution < -0.4 is 14.7 Å². The largest absolute Gasteiger partial charge is 0.345 e. The molecule has 8 nitrogen and oxygen atoms in total. The topological polar surface area (TPSA) is 74.6 Å². The fourth-order valence-electron chi connectivity index (χ4n) is 4.19. The van der Waals surface area contributed by atoms with Gasteiger partial charge in [-0.1, -0.05) is 18.2 Å². The number of nitrogens with zero attached hydrogens (tertiary/aromatic N) is 6. The Morgan fingerprint density at radius 3 is 2.73 bits per heavy atom. The molecule has 8 heteroatoms. The van der Waals surface area contributed by atoms with Crippen LogP contribution in [0.2, 0.25) is 0 Å². The molecule has 1 saturated heterocycles. The first-order valence-corrected chi connectivity index (χ1v) is 10.0. The van der Waals surface area contributed by atoms with Gasteiger partial charge in [0.15, 0.2) is 0 Å². The fraction of sp³-hybridized carbons (Fsp3) is 0.273. The van der Waals surface area contributed by atoms with E-state index in [1.54, 1.807) is 34.1 Å². The average Bonchev–Trinajstić information content (AvgIpc) is 3.39. The minimum absolute atomic E-state index is 0.0372. The quantitative estimate of drug-likeness (QED) is 0.669. The van der Waals surface area contributed by atoms with Gasteiger partial charge >= 0.3 is 0 Å². The molecule has 5 rings (SSSR count). The van der Waals surface area contributed by atoms with Crippen LogP contribution in [0, 0.1) is 0 Å². The summed E-state index contributed by atoms with van der Waals surface area (Å²) in [6.45, 7) is 1.93. The Kier molecular flexibility index (Phi) is 4.46. The minimum atomic E-state index is -0.0785. The van der Waals surface area contributed by atoms with Crippen molar-refractivity contribution in [2.24, 2.45) is 7.05 Å². The Morgan fingerprint density at radius 2 is 1.93 bits per heavy atom. The van der Waals surface area contributed by atoms with Gasteiger partial charge in [-0.3, -0.25) is 14.3 Å². The predicted octanol–water partition coefficient (Wildman–Crippen LogP) is 1.87. The molecule has 0 atom stereocenters. The van der Waals surface area contributed by atoms with Crippen molar-refractivity contribution in [2.75, 3.05) is 40.9 Å². The summed E-state index contributed by atoms with van der Waals surface area (Å²) in [6, 6.07) is 11.5. The number of benzene rings is 1. The van der Waals surface area contributed by atoms with Gasteiger partial charge in [-0.2, -0.15) is 5.10 Å². The Balaban J connectivity index is 1.40. The smallest absolute Gasteiger partial charge is 0.262 e. The number of hydrogen-bond acceptors (Lipinski definition) is 5.